The molecule has 0 heterocycles. The Bertz CT molecular complexity index is 407. The van der Waals surface area contributed by atoms with Gasteiger partial charge < -0.3 is 10.6 Å². The van der Waals surface area contributed by atoms with Gasteiger partial charge in [-0.05, 0) is 37.0 Å². The molecule has 1 fully saturated rings. The predicted molar refractivity (Wildman–Crippen MR) is 74.2 cm³/mol. The molecular formula is C15H23FN2. The van der Waals surface area contributed by atoms with Gasteiger partial charge in [-0.1, -0.05) is 25.8 Å². The van der Waals surface area contributed by atoms with Crippen LogP contribution in [0, 0.1) is 11.7 Å². The largest absolute Gasteiger partial charge is 0.367 e. The van der Waals surface area contributed by atoms with E-state index >= 15 is 0 Å². The second-order valence-corrected chi connectivity index (χ2v) is 5.34. The molecule has 2 nitrogen and oxygen atoms in total. The summed E-state index contributed by atoms with van der Waals surface area (Å²) >= 11 is 0. The smallest absolute Gasteiger partial charge is 0.125 e. The van der Waals surface area contributed by atoms with Crippen molar-refractivity contribution in [1.82, 2.24) is 0 Å². The third-order valence-electron chi connectivity index (χ3n) is 4.63. The molecule has 1 aliphatic carbocycles. The van der Waals surface area contributed by atoms with E-state index in [-0.39, 0.29) is 11.4 Å². The van der Waals surface area contributed by atoms with Crippen LogP contribution < -0.4 is 10.6 Å². The molecule has 3 heteroatoms. The number of anilines is 1. The first-order valence-electron chi connectivity index (χ1n) is 6.83. The average molecular weight is 250 g/mol. The van der Waals surface area contributed by atoms with E-state index in [0.29, 0.717) is 12.5 Å². The van der Waals surface area contributed by atoms with Gasteiger partial charge >= 0.3 is 0 Å². The number of hydrogen-bond acceptors (Lipinski definition) is 2. The molecule has 1 saturated carbocycles. The highest BCUT2D eigenvalue weighted by atomic mass is 19.1. The van der Waals surface area contributed by atoms with Crippen molar-refractivity contribution in [2.45, 2.75) is 38.1 Å². The Morgan fingerprint density at radius 3 is 2.89 bits per heavy atom. The van der Waals surface area contributed by atoms with Crippen molar-refractivity contribution in [2.24, 2.45) is 11.7 Å². The van der Waals surface area contributed by atoms with Gasteiger partial charge in [-0.2, -0.15) is 0 Å². The fourth-order valence-electron chi connectivity index (χ4n) is 3.50. The first-order chi connectivity index (χ1) is 8.64. The van der Waals surface area contributed by atoms with Crippen molar-refractivity contribution in [3.05, 3.63) is 30.1 Å². The number of benzene rings is 1. The Balaban J connectivity index is 2.32. The van der Waals surface area contributed by atoms with Crippen LogP contribution in [0.25, 0.3) is 0 Å². The summed E-state index contributed by atoms with van der Waals surface area (Å²) in [4.78, 5) is 2.21. The van der Waals surface area contributed by atoms with Gasteiger partial charge in [-0.25, -0.2) is 4.39 Å². The quantitative estimate of drug-likeness (QED) is 0.889. The molecule has 2 atom stereocenters. The van der Waals surface area contributed by atoms with E-state index in [1.54, 1.807) is 12.1 Å². The van der Waals surface area contributed by atoms with Gasteiger partial charge in [0.1, 0.15) is 5.82 Å². The minimum atomic E-state index is -0.183. The molecule has 1 aromatic rings. The molecule has 0 spiro atoms. The molecule has 0 aromatic heterocycles. The highest BCUT2D eigenvalue weighted by molar-refractivity contribution is 5.49. The number of likely N-dealkylation sites (N-methyl/N-ethyl adjacent to an activating group) is 1. The van der Waals surface area contributed by atoms with Gasteiger partial charge in [-0.15, -0.1) is 0 Å². The second kappa shape index (κ2) is 5.27. The fraction of sp³-hybridized carbons (Fsp3) is 0.600. The van der Waals surface area contributed by atoms with E-state index in [1.165, 1.54) is 18.9 Å². The third-order valence-corrected chi connectivity index (χ3v) is 4.63. The van der Waals surface area contributed by atoms with E-state index in [9.17, 15) is 4.39 Å². The molecule has 0 saturated heterocycles. The first-order valence-corrected chi connectivity index (χ1v) is 6.83. The van der Waals surface area contributed by atoms with Crippen LogP contribution in [0.4, 0.5) is 10.1 Å². The van der Waals surface area contributed by atoms with E-state index in [2.05, 4.69) is 18.9 Å². The van der Waals surface area contributed by atoms with E-state index in [0.717, 1.165) is 18.5 Å². The van der Waals surface area contributed by atoms with Gasteiger partial charge in [0, 0.05) is 19.3 Å². The second-order valence-electron chi connectivity index (χ2n) is 5.34. The van der Waals surface area contributed by atoms with E-state index in [1.807, 2.05) is 6.07 Å². The molecule has 1 aromatic carbocycles. The van der Waals surface area contributed by atoms with E-state index in [4.69, 9.17) is 5.73 Å². The molecular weight excluding hydrogens is 227 g/mol. The highest BCUT2D eigenvalue weighted by Gasteiger charge is 2.44. The van der Waals surface area contributed by atoms with Crippen LogP contribution in [0.1, 0.15) is 32.6 Å². The van der Waals surface area contributed by atoms with Gasteiger partial charge in [0.25, 0.3) is 0 Å². The predicted octanol–water partition coefficient (Wildman–Crippen LogP) is 3.17. The lowest BCUT2D eigenvalue weighted by atomic mass is 9.83. The van der Waals surface area contributed by atoms with Crippen molar-refractivity contribution in [1.29, 1.82) is 0 Å². The molecule has 18 heavy (non-hydrogen) atoms. The third kappa shape index (κ3) is 2.12. The molecule has 0 amide bonds. The summed E-state index contributed by atoms with van der Waals surface area (Å²) in [5.41, 5.74) is 7.01. The molecule has 2 N–H and O–H groups in total. The van der Waals surface area contributed by atoms with Crippen LogP contribution in [-0.2, 0) is 0 Å². The molecule has 0 aliphatic heterocycles. The van der Waals surface area contributed by atoms with Gasteiger partial charge in [0.15, 0.2) is 0 Å². The number of halogens is 1. The lowest BCUT2D eigenvalue weighted by molar-refractivity contribution is 0.303. The maximum Gasteiger partial charge on any atom is 0.125 e. The molecule has 0 radical (unpaired) electrons. The van der Waals surface area contributed by atoms with Crippen molar-refractivity contribution in [3.8, 4) is 0 Å². The summed E-state index contributed by atoms with van der Waals surface area (Å²) in [6.45, 7) is 2.86. The Kier molecular flexibility index (Phi) is 3.91. The molecule has 100 valence electrons. The summed E-state index contributed by atoms with van der Waals surface area (Å²) in [6.07, 6.45) is 4.69. The molecule has 2 unspecified atom stereocenters. The molecule has 1 aliphatic rings. The van der Waals surface area contributed by atoms with Crippen LogP contribution in [0.15, 0.2) is 24.3 Å². The minimum Gasteiger partial charge on any atom is -0.367 e. The topological polar surface area (TPSA) is 29.3 Å². The Hall–Kier alpha value is -1.09. The monoisotopic (exact) mass is 250 g/mol. The summed E-state index contributed by atoms with van der Waals surface area (Å²) in [5.74, 6) is 0.424. The van der Waals surface area contributed by atoms with Crippen LogP contribution >= 0.6 is 0 Å². The first kappa shape index (κ1) is 13.3. The number of hydrogen-bond donors (Lipinski definition) is 1. The standard InChI is InChI=1S/C15H23FN2/c1-3-12-6-5-9-15(12,11-17)18(2)14-8-4-7-13(16)10-14/h4,7-8,10,12H,3,5-6,9,11,17H2,1-2H3. The Morgan fingerprint density at radius 2 is 2.28 bits per heavy atom. The van der Waals surface area contributed by atoms with Crippen molar-refractivity contribution >= 4 is 5.69 Å². The zero-order valence-corrected chi connectivity index (χ0v) is 11.3. The fourth-order valence-corrected chi connectivity index (χ4v) is 3.50. The summed E-state index contributed by atoms with van der Waals surface area (Å²) in [5, 5.41) is 0. The lowest BCUT2D eigenvalue weighted by Gasteiger charge is -2.44. The zero-order valence-electron chi connectivity index (χ0n) is 11.3. The summed E-state index contributed by atoms with van der Waals surface area (Å²) in [7, 11) is 2.05. The van der Waals surface area contributed by atoms with Crippen LogP contribution in [-0.4, -0.2) is 19.1 Å². The van der Waals surface area contributed by atoms with Crippen molar-refractivity contribution in [2.75, 3.05) is 18.5 Å². The van der Waals surface area contributed by atoms with Gasteiger partial charge in [-0.3, -0.25) is 0 Å². The Labute approximate surface area is 109 Å². The number of nitrogens with zero attached hydrogens (tertiary/aromatic N) is 1. The molecule has 0 bridgehead atoms. The summed E-state index contributed by atoms with van der Waals surface area (Å²) < 4.78 is 13.4. The molecule has 2 rings (SSSR count). The summed E-state index contributed by atoms with van der Waals surface area (Å²) in [6, 6.07) is 6.81. The number of rotatable bonds is 4. The normalized spacial score (nSPS) is 27.4. The minimum absolute atomic E-state index is 0.00252. The maximum absolute atomic E-state index is 13.4. The SMILES string of the molecule is CCC1CCCC1(CN)N(C)c1cccc(F)c1. The van der Waals surface area contributed by atoms with Gasteiger partial charge in [0.05, 0.1) is 5.54 Å². The maximum atomic E-state index is 13.4. The van der Waals surface area contributed by atoms with Crippen LogP contribution in [0.3, 0.4) is 0 Å². The van der Waals surface area contributed by atoms with Crippen molar-refractivity contribution in [3.63, 3.8) is 0 Å². The van der Waals surface area contributed by atoms with Gasteiger partial charge in [0.2, 0.25) is 0 Å². The van der Waals surface area contributed by atoms with E-state index < -0.39 is 0 Å². The lowest BCUT2D eigenvalue weighted by Crippen LogP contribution is -2.55. The Morgan fingerprint density at radius 1 is 1.50 bits per heavy atom. The van der Waals surface area contributed by atoms with Crippen LogP contribution in [0.5, 0.6) is 0 Å². The van der Waals surface area contributed by atoms with Crippen molar-refractivity contribution < 1.29 is 4.39 Å². The average Bonchev–Trinajstić information content (AvgIpc) is 2.81. The zero-order chi connectivity index (χ0) is 13.2. The highest BCUT2D eigenvalue weighted by Crippen LogP contribution is 2.42. The van der Waals surface area contributed by atoms with Crippen LogP contribution in [0.2, 0.25) is 0 Å². The number of nitrogens with two attached hydrogens (primary N) is 1.